The highest BCUT2D eigenvalue weighted by atomic mass is 19.4. The molecule has 1 aromatic heterocycles. The summed E-state index contributed by atoms with van der Waals surface area (Å²) in [6.07, 6.45) is -2.61. The van der Waals surface area contributed by atoms with Gasteiger partial charge in [-0.05, 0) is 41.7 Å². The Hall–Kier alpha value is -3.67. The topological polar surface area (TPSA) is 83.6 Å². The summed E-state index contributed by atoms with van der Waals surface area (Å²) in [5.74, 6) is -0.0561. The van der Waals surface area contributed by atoms with E-state index in [4.69, 9.17) is 5.26 Å². The second-order valence-corrected chi connectivity index (χ2v) is 7.57. The largest absolute Gasteiger partial charge is 0.398 e. The van der Waals surface area contributed by atoms with E-state index < -0.39 is 11.6 Å². The van der Waals surface area contributed by atoms with Crippen molar-refractivity contribution < 1.29 is 18.0 Å². The quantitative estimate of drug-likeness (QED) is 0.648. The Morgan fingerprint density at radius 2 is 1.74 bits per heavy atom. The number of amides is 1. The number of hydrogen-bond donors (Lipinski definition) is 1. The second kappa shape index (κ2) is 7.87. The zero-order valence-corrected chi connectivity index (χ0v) is 16.4. The number of nitrogens with one attached hydrogen (secondary N) is 1. The number of carbonyl (C=O) groups excluding carboxylic acids is 1. The predicted octanol–water partition coefficient (Wildman–Crippen LogP) is 3.97. The van der Waals surface area contributed by atoms with Crippen molar-refractivity contribution in [3.8, 4) is 6.07 Å². The molecule has 2 aromatic carbocycles. The third-order valence-corrected chi connectivity index (χ3v) is 5.37. The van der Waals surface area contributed by atoms with E-state index in [0.717, 1.165) is 5.56 Å². The zero-order valence-electron chi connectivity index (χ0n) is 16.4. The molecule has 4 rings (SSSR count). The van der Waals surface area contributed by atoms with E-state index in [0.29, 0.717) is 17.7 Å². The summed E-state index contributed by atoms with van der Waals surface area (Å²) >= 11 is 0. The standard InChI is InChI=1S/C22H18F3N5O/c23-22(24,25)21(9-10-21)18-7-5-15(6-8-18)11-20(31)28-19-13-27-30(29-19)14-17-3-1-16(12-26)2-4-17/h1-8,13H,9-11,14H2,(H,28,29,31). The average molecular weight is 425 g/mol. The first-order valence-corrected chi connectivity index (χ1v) is 9.64. The molecule has 1 aliphatic rings. The van der Waals surface area contributed by atoms with Gasteiger partial charge in [-0.3, -0.25) is 4.79 Å². The summed E-state index contributed by atoms with van der Waals surface area (Å²) < 4.78 is 39.6. The molecule has 1 heterocycles. The highest BCUT2D eigenvalue weighted by molar-refractivity contribution is 5.91. The number of rotatable bonds is 6. The molecule has 31 heavy (non-hydrogen) atoms. The number of nitriles is 1. The minimum absolute atomic E-state index is 0.0157. The molecule has 6 nitrogen and oxygen atoms in total. The number of alkyl halides is 3. The van der Waals surface area contributed by atoms with Gasteiger partial charge in [0.05, 0.1) is 36.2 Å². The molecule has 1 amide bonds. The second-order valence-electron chi connectivity index (χ2n) is 7.57. The number of nitrogens with zero attached hydrogens (tertiary/aromatic N) is 4. The first-order valence-electron chi connectivity index (χ1n) is 9.64. The van der Waals surface area contributed by atoms with Gasteiger partial charge in [-0.1, -0.05) is 36.4 Å². The Labute approximate surface area is 176 Å². The minimum Gasteiger partial charge on any atom is -0.308 e. The molecule has 158 valence electrons. The van der Waals surface area contributed by atoms with Gasteiger partial charge >= 0.3 is 6.18 Å². The van der Waals surface area contributed by atoms with Crippen molar-refractivity contribution in [2.24, 2.45) is 0 Å². The van der Waals surface area contributed by atoms with Gasteiger partial charge in [0.1, 0.15) is 0 Å². The minimum atomic E-state index is -4.25. The van der Waals surface area contributed by atoms with Crippen molar-refractivity contribution in [3.63, 3.8) is 0 Å². The van der Waals surface area contributed by atoms with Crippen LogP contribution in [0.2, 0.25) is 0 Å². The highest BCUT2D eigenvalue weighted by Gasteiger charge is 2.64. The van der Waals surface area contributed by atoms with Crippen molar-refractivity contribution in [1.82, 2.24) is 15.0 Å². The number of hydrogen-bond acceptors (Lipinski definition) is 4. The summed E-state index contributed by atoms with van der Waals surface area (Å²) in [7, 11) is 0. The average Bonchev–Trinajstić information content (AvgIpc) is 3.46. The molecule has 1 saturated carbocycles. The fourth-order valence-corrected chi connectivity index (χ4v) is 3.45. The van der Waals surface area contributed by atoms with Crippen molar-refractivity contribution in [3.05, 3.63) is 77.0 Å². The number of halogens is 3. The lowest BCUT2D eigenvalue weighted by atomic mass is 9.94. The van der Waals surface area contributed by atoms with Crippen LogP contribution in [0.5, 0.6) is 0 Å². The van der Waals surface area contributed by atoms with E-state index in [1.165, 1.54) is 23.1 Å². The van der Waals surface area contributed by atoms with Gasteiger partial charge in [-0.2, -0.15) is 28.3 Å². The normalized spacial score (nSPS) is 14.6. The van der Waals surface area contributed by atoms with Crippen LogP contribution < -0.4 is 5.32 Å². The van der Waals surface area contributed by atoms with Gasteiger partial charge in [0, 0.05) is 0 Å². The summed E-state index contributed by atoms with van der Waals surface area (Å²) in [6.45, 7) is 0.379. The summed E-state index contributed by atoms with van der Waals surface area (Å²) in [6, 6.07) is 15.1. The molecular formula is C22H18F3N5O. The maximum Gasteiger partial charge on any atom is 0.398 e. The van der Waals surface area contributed by atoms with Crippen molar-refractivity contribution in [2.45, 2.75) is 37.4 Å². The summed E-state index contributed by atoms with van der Waals surface area (Å²) in [4.78, 5) is 13.7. The SMILES string of the molecule is N#Cc1ccc(Cn2ncc(NC(=O)Cc3ccc(C4(C(F)(F)F)CC4)cc3)n2)cc1. The molecule has 1 N–H and O–H groups in total. The van der Waals surface area contributed by atoms with Crippen molar-refractivity contribution in [1.29, 1.82) is 5.26 Å². The van der Waals surface area contributed by atoms with Crippen molar-refractivity contribution >= 4 is 11.7 Å². The Balaban J connectivity index is 1.33. The van der Waals surface area contributed by atoms with E-state index in [2.05, 4.69) is 15.5 Å². The van der Waals surface area contributed by atoms with Gasteiger partial charge in [-0.25, -0.2) is 0 Å². The molecule has 1 aliphatic carbocycles. The van der Waals surface area contributed by atoms with Crippen molar-refractivity contribution in [2.75, 3.05) is 5.32 Å². The Morgan fingerprint density at radius 1 is 1.10 bits per heavy atom. The van der Waals surface area contributed by atoms with Crippen LogP contribution in [0.3, 0.4) is 0 Å². The van der Waals surface area contributed by atoms with E-state index in [-0.39, 0.29) is 36.6 Å². The Morgan fingerprint density at radius 3 is 2.32 bits per heavy atom. The van der Waals surface area contributed by atoms with E-state index in [1.54, 1.807) is 36.4 Å². The number of benzene rings is 2. The smallest absolute Gasteiger partial charge is 0.308 e. The molecule has 0 unspecified atom stereocenters. The third kappa shape index (κ3) is 4.43. The predicted molar refractivity (Wildman–Crippen MR) is 106 cm³/mol. The van der Waals surface area contributed by atoms with Crippen LogP contribution in [-0.4, -0.2) is 27.1 Å². The van der Waals surface area contributed by atoms with E-state index in [9.17, 15) is 18.0 Å². The Kier molecular flexibility index (Phi) is 5.23. The maximum absolute atomic E-state index is 13.2. The van der Waals surface area contributed by atoms with Gasteiger partial charge in [0.2, 0.25) is 5.91 Å². The van der Waals surface area contributed by atoms with Crippen LogP contribution in [0.25, 0.3) is 0 Å². The highest BCUT2D eigenvalue weighted by Crippen LogP contribution is 2.58. The van der Waals surface area contributed by atoms with Crippen LogP contribution in [0.1, 0.15) is 35.1 Å². The van der Waals surface area contributed by atoms with Gasteiger partial charge in [0.15, 0.2) is 5.82 Å². The lowest BCUT2D eigenvalue weighted by Crippen LogP contribution is -2.28. The summed E-state index contributed by atoms with van der Waals surface area (Å²) in [5, 5.41) is 19.8. The maximum atomic E-state index is 13.2. The molecule has 0 atom stereocenters. The lowest BCUT2D eigenvalue weighted by Gasteiger charge is -2.19. The monoisotopic (exact) mass is 425 g/mol. The molecule has 0 bridgehead atoms. The zero-order chi connectivity index (χ0) is 22.1. The molecular weight excluding hydrogens is 407 g/mol. The molecule has 0 spiro atoms. The molecule has 0 aliphatic heterocycles. The van der Waals surface area contributed by atoms with Crippen LogP contribution in [0.15, 0.2) is 54.7 Å². The van der Waals surface area contributed by atoms with Crippen LogP contribution >= 0.6 is 0 Å². The molecule has 3 aromatic rings. The van der Waals surface area contributed by atoms with Crippen LogP contribution in [-0.2, 0) is 23.2 Å². The van der Waals surface area contributed by atoms with Gasteiger partial charge in [0.25, 0.3) is 0 Å². The molecule has 9 heteroatoms. The molecule has 0 radical (unpaired) electrons. The third-order valence-electron chi connectivity index (χ3n) is 5.37. The van der Waals surface area contributed by atoms with Crippen LogP contribution in [0, 0.1) is 11.3 Å². The lowest BCUT2D eigenvalue weighted by molar-refractivity contribution is -0.160. The fraction of sp³-hybridized carbons (Fsp3) is 0.273. The van der Waals surface area contributed by atoms with E-state index in [1.807, 2.05) is 6.07 Å². The fourth-order valence-electron chi connectivity index (χ4n) is 3.45. The van der Waals surface area contributed by atoms with Gasteiger partial charge < -0.3 is 5.32 Å². The van der Waals surface area contributed by atoms with Crippen LogP contribution in [0.4, 0.5) is 19.0 Å². The Bertz CT molecular complexity index is 1120. The molecule has 0 saturated heterocycles. The summed E-state index contributed by atoms with van der Waals surface area (Å²) in [5.41, 5.74) is 0.601. The number of anilines is 1. The van der Waals surface area contributed by atoms with Gasteiger partial charge in [-0.15, -0.1) is 5.10 Å². The first kappa shape index (κ1) is 20.6. The number of carbonyl (C=O) groups is 1. The first-order chi connectivity index (χ1) is 14.8. The molecule has 1 fully saturated rings. The number of aromatic nitrogens is 3. The van der Waals surface area contributed by atoms with E-state index >= 15 is 0 Å².